The summed E-state index contributed by atoms with van der Waals surface area (Å²) in [5.41, 5.74) is 0.502. The molecule has 0 atom stereocenters. The number of halogens is 4. The van der Waals surface area contributed by atoms with Crippen molar-refractivity contribution in [2.75, 3.05) is 30.4 Å². The number of nitrogens with zero attached hydrogens (tertiary/aromatic N) is 5. The molecule has 1 N–H and O–H groups in total. The minimum absolute atomic E-state index is 0.0146. The van der Waals surface area contributed by atoms with Crippen LogP contribution in [0.1, 0.15) is 18.7 Å². The fourth-order valence-electron chi connectivity index (χ4n) is 3.51. The van der Waals surface area contributed by atoms with E-state index in [0.29, 0.717) is 52.7 Å². The van der Waals surface area contributed by atoms with Gasteiger partial charge in [0.1, 0.15) is 11.6 Å². The van der Waals surface area contributed by atoms with E-state index in [1.165, 1.54) is 13.2 Å². The molecule has 0 bridgehead atoms. The summed E-state index contributed by atoms with van der Waals surface area (Å²) in [6.07, 6.45) is -3.62. The number of nitrogens with one attached hydrogen (secondary N) is 1. The molecule has 4 rings (SSSR count). The second-order valence-corrected chi connectivity index (χ2v) is 7.51. The maximum absolute atomic E-state index is 13.1. The van der Waals surface area contributed by atoms with Gasteiger partial charge in [0.25, 0.3) is 5.82 Å². The van der Waals surface area contributed by atoms with Gasteiger partial charge in [-0.15, -0.1) is 15.3 Å². The molecule has 31 heavy (non-hydrogen) atoms. The number of carbonyl (C=O) groups is 1. The summed E-state index contributed by atoms with van der Waals surface area (Å²) in [6.45, 7) is 0.930. The maximum Gasteiger partial charge on any atom is 0.453 e. The summed E-state index contributed by atoms with van der Waals surface area (Å²) < 4.78 is 45.2. The van der Waals surface area contributed by atoms with Crippen LogP contribution in [0.5, 0.6) is 5.75 Å². The second kappa shape index (κ2) is 8.22. The van der Waals surface area contributed by atoms with Crippen LogP contribution >= 0.6 is 11.6 Å². The third-order valence-corrected chi connectivity index (χ3v) is 5.35. The van der Waals surface area contributed by atoms with Crippen LogP contribution in [0.4, 0.5) is 24.7 Å². The predicted octanol–water partition coefficient (Wildman–Crippen LogP) is 3.66. The molecule has 1 fully saturated rings. The fraction of sp³-hybridized carbons (Fsp3) is 0.368. The Morgan fingerprint density at radius 1 is 1.19 bits per heavy atom. The van der Waals surface area contributed by atoms with Crippen LogP contribution in [0, 0.1) is 5.92 Å². The van der Waals surface area contributed by atoms with Gasteiger partial charge in [0.2, 0.25) is 5.91 Å². The summed E-state index contributed by atoms with van der Waals surface area (Å²) in [5, 5.41) is 14.1. The molecule has 2 aromatic heterocycles. The lowest BCUT2D eigenvalue weighted by Crippen LogP contribution is -2.38. The Kier molecular flexibility index (Phi) is 5.61. The largest absolute Gasteiger partial charge is 0.495 e. The van der Waals surface area contributed by atoms with Crippen LogP contribution in [0.15, 0.2) is 30.3 Å². The van der Waals surface area contributed by atoms with Crippen molar-refractivity contribution in [3.05, 3.63) is 41.2 Å². The number of carbonyl (C=O) groups excluding carboxylic acids is 1. The summed E-state index contributed by atoms with van der Waals surface area (Å²) in [6, 6.07) is 7.99. The van der Waals surface area contributed by atoms with E-state index in [-0.39, 0.29) is 17.5 Å². The molecule has 8 nitrogen and oxygen atoms in total. The van der Waals surface area contributed by atoms with Crippen molar-refractivity contribution in [1.29, 1.82) is 0 Å². The van der Waals surface area contributed by atoms with Gasteiger partial charge in [0.15, 0.2) is 5.65 Å². The van der Waals surface area contributed by atoms with Gasteiger partial charge in [-0.25, -0.2) is 0 Å². The Morgan fingerprint density at radius 3 is 2.61 bits per heavy atom. The van der Waals surface area contributed by atoms with E-state index in [1.54, 1.807) is 24.3 Å². The van der Waals surface area contributed by atoms with Crippen molar-refractivity contribution in [2.45, 2.75) is 19.0 Å². The smallest absolute Gasteiger partial charge is 0.453 e. The van der Waals surface area contributed by atoms with Gasteiger partial charge in [0.05, 0.1) is 12.8 Å². The molecule has 1 amide bonds. The Balaban J connectivity index is 1.44. The molecular weight excluding hydrogens is 437 g/mol. The molecule has 1 aliphatic rings. The van der Waals surface area contributed by atoms with E-state index in [2.05, 4.69) is 20.6 Å². The molecular formula is C19H18ClF3N6O2. The van der Waals surface area contributed by atoms with Gasteiger partial charge in [-0.3, -0.25) is 4.79 Å². The minimum Gasteiger partial charge on any atom is -0.495 e. The summed E-state index contributed by atoms with van der Waals surface area (Å²) in [5.74, 6) is -0.726. The predicted molar refractivity (Wildman–Crippen MR) is 107 cm³/mol. The average Bonchev–Trinajstić information content (AvgIpc) is 3.18. The van der Waals surface area contributed by atoms with Crippen LogP contribution < -0.4 is 15.0 Å². The van der Waals surface area contributed by atoms with Crippen molar-refractivity contribution < 1.29 is 22.7 Å². The van der Waals surface area contributed by atoms with E-state index < -0.39 is 12.0 Å². The Morgan fingerprint density at radius 2 is 1.94 bits per heavy atom. The van der Waals surface area contributed by atoms with E-state index in [0.717, 1.165) is 0 Å². The monoisotopic (exact) mass is 454 g/mol. The SMILES string of the molecule is COc1ccc(Cl)cc1NC(=O)C1CCN(c2ccc3nnc(C(F)(F)F)n3n2)CC1. The Bertz CT molecular complexity index is 1110. The molecule has 0 radical (unpaired) electrons. The zero-order valence-electron chi connectivity index (χ0n) is 16.4. The van der Waals surface area contributed by atoms with Crippen molar-refractivity contribution >= 4 is 34.7 Å². The summed E-state index contributed by atoms with van der Waals surface area (Å²) in [7, 11) is 1.50. The topological polar surface area (TPSA) is 84.6 Å². The number of benzene rings is 1. The molecule has 0 saturated carbocycles. The van der Waals surface area contributed by atoms with E-state index in [1.807, 2.05) is 4.90 Å². The molecule has 1 saturated heterocycles. The molecule has 12 heteroatoms. The number of aromatic nitrogens is 4. The van der Waals surface area contributed by atoms with Gasteiger partial charge >= 0.3 is 6.18 Å². The number of anilines is 2. The molecule has 1 aliphatic heterocycles. The highest BCUT2D eigenvalue weighted by atomic mass is 35.5. The highest BCUT2D eigenvalue weighted by Gasteiger charge is 2.38. The van der Waals surface area contributed by atoms with Crippen molar-refractivity contribution in [2.24, 2.45) is 5.92 Å². The maximum atomic E-state index is 13.1. The lowest BCUT2D eigenvalue weighted by atomic mass is 9.95. The summed E-state index contributed by atoms with van der Waals surface area (Å²) in [4.78, 5) is 14.5. The van der Waals surface area contributed by atoms with Crippen LogP contribution in [0.2, 0.25) is 5.02 Å². The van der Waals surface area contributed by atoms with Gasteiger partial charge < -0.3 is 15.0 Å². The van der Waals surface area contributed by atoms with Crippen LogP contribution in [-0.2, 0) is 11.0 Å². The number of hydrogen-bond acceptors (Lipinski definition) is 6. The molecule has 0 spiro atoms. The molecule has 0 aliphatic carbocycles. The zero-order valence-corrected chi connectivity index (χ0v) is 17.1. The number of hydrogen-bond donors (Lipinski definition) is 1. The second-order valence-electron chi connectivity index (χ2n) is 7.08. The van der Waals surface area contributed by atoms with Gasteiger partial charge in [0, 0.05) is 24.0 Å². The highest BCUT2D eigenvalue weighted by molar-refractivity contribution is 6.31. The van der Waals surface area contributed by atoms with Gasteiger partial charge in [-0.1, -0.05) is 11.6 Å². The number of piperidine rings is 1. The van der Waals surface area contributed by atoms with Crippen LogP contribution in [0.25, 0.3) is 5.65 Å². The first-order valence-corrected chi connectivity index (χ1v) is 9.83. The number of rotatable bonds is 4. The van der Waals surface area contributed by atoms with E-state index >= 15 is 0 Å². The first kappa shape index (κ1) is 21.2. The van der Waals surface area contributed by atoms with Crippen molar-refractivity contribution in [1.82, 2.24) is 19.8 Å². The van der Waals surface area contributed by atoms with Gasteiger partial charge in [-0.2, -0.15) is 17.7 Å². The van der Waals surface area contributed by atoms with Crippen molar-refractivity contribution in [3.63, 3.8) is 0 Å². The molecule has 164 valence electrons. The zero-order chi connectivity index (χ0) is 22.2. The number of ether oxygens (including phenoxy) is 1. The molecule has 0 unspecified atom stereocenters. The normalized spacial score (nSPS) is 15.3. The number of fused-ring (bicyclic) bond motifs is 1. The minimum atomic E-state index is -4.66. The first-order valence-electron chi connectivity index (χ1n) is 9.45. The quantitative estimate of drug-likeness (QED) is 0.647. The van der Waals surface area contributed by atoms with Crippen LogP contribution in [0.3, 0.4) is 0 Å². The number of methoxy groups -OCH3 is 1. The van der Waals surface area contributed by atoms with E-state index in [9.17, 15) is 18.0 Å². The third-order valence-electron chi connectivity index (χ3n) is 5.11. The standard InChI is InChI=1S/C19H18ClF3N6O2/c1-31-14-3-2-12(20)10-13(14)24-17(30)11-6-8-28(9-7-11)16-5-4-15-25-26-18(19(21,22)23)29(15)27-16/h2-5,10-11H,6-9H2,1H3,(H,24,30). The van der Waals surface area contributed by atoms with Crippen molar-refractivity contribution in [3.8, 4) is 5.75 Å². The lowest BCUT2D eigenvalue weighted by molar-refractivity contribution is -0.146. The molecule has 1 aromatic carbocycles. The Hall–Kier alpha value is -3.08. The van der Waals surface area contributed by atoms with Crippen LogP contribution in [-0.4, -0.2) is 45.9 Å². The van der Waals surface area contributed by atoms with E-state index in [4.69, 9.17) is 16.3 Å². The average molecular weight is 455 g/mol. The number of amides is 1. The van der Waals surface area contributed by atoms with Gasteiger partial charge in [-0.05, 0) is 43.2 Å². The first-order chi connectivity index (χ1) is 14.8. The molecule has 3 heterocycles. The number of alkyl halides is 3. The highest BCUT2D eigenvalue weighted by Crippen LogP contribution is 2.31. The lowest BCUT2D eigenvalue weighted by Gasteiger charge is -2.32. The fourth-order valence-corrected chi connectivity index (χ4v) is 3.68. The Labute approximate surface area is 180 Å². The molecule has 3 aromatic rings. The summed E-state index contributed by atoms with van der Waals surface area (Å²) >= 11 is 6.00. The third kappa shape index (κ3) is 4.36.